The quantitative estimate of drug-likeness (QED) is 0.0632. The molecule has 5 rings (SSSR count). The average Bonchev–Trinajstić information content (AvgIpc) is 3.15. The van der Waals surface area contributed by atoms with Gasteiger partial charge < -0.3 is 14.0 Å². The topological polar surface area (TPSA) is 85.7 Å². The van der Waals surface area contributed by atoms with Crippen LogP contribution in [0.3, 0.4) is 0 Å². The molecule has 0 radical (unpaired) electrons. The van der Waals surface area contributed by atoms with E-state index in [1.807, 2.05) is 72.8 Å². The summed E-state index contributed by atoms with van der Waals surface area (Å²) in [4.78, 5) is 6.26. The van der Waals surface area contributed by atoms with Crippen LogP contribution in [0.4, 0.5) is 0 Å². The van der Waals surface area contributed by atoms with Gasteiger partial charge in [-0.05, 0) is 96.6 Å². The molecule has 1 atom stereocenters. The van der Waals surface area contributed by atoms with E-state index in [0.717, 1.165) is 42.0 Å². The molecule has 0 saturated carbocycles. The van der Waals surface area contributed by atoms with E-state index < -0.39 is 16.2 Å². The molecule has 51 heavy (non-hydrogen) atoms. The number of unbranched alkanes of at least 4 members (excludes halogenated alkanes) is 7. The average molecular weight is 724 g/mol. The number of aryl methyl sites for hydroxylation is 1. The predicted octanol–water partition coefficient (Wildman–Crippen LogP) is 11.2. The Bertz CT molecular complexity index is 1910. The van der Waals surface area contributed by atoms with Gasteiger partial charge in [-0.3, -0.25) is 4.98 Å². The van der Waals surface area contributed by atoms with Crippen LogP contribution in [0.5, 0.6) is 11.5 Å². The van der Waals surface area contributed by atoms with Gasteiger partial charge in [-0.15, -0.1) is 0 Å². The van der Waals surface area contributed by atoms with Crippen molar-refractivity contribution in [2.45, 2.75) is 98.8 Å². The van der Waals surface area contributed by atoms with Gasteiger partial charge in [0.25, 0.3) is 0 Å². The lowest BCUT2D eigenvalue weighted by Gasteiger charge is -2.18. The van der Waals surface area contributed by atoms with Crippen molar-refractivity contribution in [1.29, 1.82) is 0 Å². The van der Waals surface area contributed by atoms with Gasteiger partial charge in [0, 0.05) is 15.5 Å². The van der Waals surface area contributed by atoms with E-state index in [0.29, 0.717) is 33.9 Å². The van der Waals surface area contributed by atoms with Gasteiger partial charge in [0.1, 0.15) is 22.5 Å². The first-order valence-corrected chi connectivity index (χ1v) is 20.4. The third-order valence-electron chi connectivity index (χ3n) is 8.69. The van der Waals surface area contributed by atoms with Crippen LogP contribution in [-0.4, -0.2) is 25.1 Å². The van der Waals surface area contributed by atoms with Crippen molar-refractivity contribution in [1.82, 2.24) is 4.98 Å². The van der Waals surface area contributed by atoms with Gasteiger partial charge >= 0.3 is 10.1 Å². The summed E-state index contributed by atoms with van der Waals surface area (Å²) in [7, 11) is -4.25. The number of para-hydroxylation sites is 1. The molecular formula is C43H49NO5S2. The first-order valence-electron chi connectivity index (χ1n) is 18.2. The second kappa shape index (κ2) is 19.5. The van der Waals surface area contributed by atoms with Crippen LogP contribution < -0.4 is 8.92 Å². The maximum absolute atomic E-state index is 13.9. The second-order valence-electron chi connectivity index (χ2n) is 12.7. The SMILES string of the molecule is CCCCCCCCCc1cccc(C(O)c2ccccc2-c2ccc(Sc3ccc(OCCCC)cc3)c(S(=O)(=O)Oc3ccccc3)c2)n1. The Morgan fingerprint density at radius 2 is 1.41 bits per heavy atom. The molecule has 268 valence electrons. The summed E-state index contributed by atoms with van der Waals surface area (Å²) in [5, 5.41) is 11.7. The van der Waals surface area contributed by atoms with E-state index in [1.54, 1.807) is 42.5 Å². The van der Waals surface area contributed by atoms with E-state index in [4.69, 9.17) is 13.9 Å². The molecule has 6 nitrogen and oxygen atoms in total. The van der Waals surface area contributed by atoms with Crippen molar-refractivity contribution in [3.63, 3.8) is 0 Å². The van der Waals surface area contributed by atoms with Gasteiger partial charge in [-0.1, -0.05) is 125 Å². The summed E-state index contributed by atoms with van der Waals surface area (Å²) in [6.45, 7) is 5.01. The van der Waals surface area contributed by atoms with Crippen molar-refractivity contribution in [3.8, 4) is 22.6 Å². The highest BCUT2D eigenvalue weighted by atomic mass is 32.2. The molecule has 1 N–H and O–H groups in total. The molecule has 1 aromatic heterocycles. The zero-order valence-corrected chi connectivity index (χ0v) is 31.3. The smallest absolute Gasteiger partial charge is 0.340 e. The maximum Gasteiger partial charge on any atom is 0.340 e. The predicted molar refractivity (Wildman–Crippen MR) is 207 cm³/mol. The molecule has 0 aliphatic heterocycles. The molecule has 0 saturated heterocycles. The number of pyridine rings is 1. The standard InChI is InChI=1S/C43H49NO5S2/c1-3-5-7-8-9-10-12-18-34-19-17-24-40(44-34)43(45)39-23-16-15-22-38(39)33-25-30-41(50-37-28-26-35(27-29-37)48-31-6-4-2)42(32-33)51(46,47)49-36-20-13-11-14-21-36/h11,13-17,19-30,32,43,45H,3-10,12,18,31H2,1-2H3. The number of aliphatic hydroxyl groups is 1. The minimum absolute atomic E-state index is 0.0382. The largest absolute Gasteiger partial charge is 0.494 e. The van der Waals surface area contributed by atoms with E-state index in [9.17, 15) is 13.5 Å². The molecule has 1 heterocycles. The number of hydrogen-bond donors (Lipinski definition) is 1. The zero-order valence-electron chi connectivity index (χ0n) is 29.7. The van der Waals surface area contributed by atoms with E-state index in [-0.39, 0.29) is 10.6 Å². The number of rotatable bonds is 20. The first kappa shape index (κ1) is 38.1. The monoisotopic (exact) mass is 723 g/mol. The molecule has 5 aromatic rings. The van der Waals surface area contributed by atoms with Gasteiger partial charge in [-0.2, -0.15) is 8.42 Å². The molecule has 0 aliphatic carbocycles. The van der Waals surface area contributed by atoms with Crippen molar-refractivity contribution in [2.24, 2.45) is 0 Å². The van der Waals surface area contributed by atoms with Gasteiger partial charge in [0.15, 0.2) is 0 Å². The van der Waals surface area contributed by atoms with Crippen molar-refractivity contribution >= 4 is 21.9 Å². The second-order valence-corrected chi connectivity index (χ2v) is 15.3. The van der Waals surface area contributed by atoms with Crippen LogP contribution in [0.1, 0.15) is 94.7 Å². The molecular weight excluding hydrogens is 675 g/mol. The molecule has 1 unspecified atom stereocenters. The number of nitrogens with zero attached hydrogens (tertiary/aromatic N) is 1. The molecule has 8 heteroatoms. The third-order valence-corrected chi connectivity index (χ3v) is 11.2. The zero-order chi connectivity index (χ0) is 35.9. The van der Waals surface area contributed by atoms with E-state index >= 15 is 0 Å². The molecule has 0 bridgehead atoms. The van der Waals surface area contributed by atoms with Gasteiger partial charge in [0.2, 0.25) is 0 Å². The Kier molecular flexibility index (Phi) is 14.6. The maximum atomic E-state index is 13.9. The van der Waals surface area contributed by atoms with Crippen molar-refractivity contribution < 1.29 is 22.4 Å². The van der Waals surface area contributed by atoms with E-state index in [1.165, 1.54) is 50.3 Å². The van der Waals surface area contributed by atoms with Crippen molar-refractivity contribution in [3.05, 3.63) is 132 Å². The molecule has 0 aliphatic rings. The first-order chi connectivity index (χ1) is 24.9. The summed E-state index contributed by atoms with van der Waals surface area (Å²) in [5.41, 5.74) is 3.53. The fraction of sp³-hybridized carbons (Fsp3) is 0.326. The highest BCUT2D eigenvalue weighted by Gasteiger charge is 2.25. The van der Waals surface area contributed by atoms with Gasteiger partial charge in [0.05, 0.1) is 12.3 Å². The number of benzene rings is 4. The van der Waals surface area contributed by atoms with Crippen LogP contribution >= 0.6 is 11.8 Å². The lowest BCUT2D eigenvalue weighted by molar-refractivity contribution is 0.215. The normalized spacial score (nSPS) is 12.1. The fourth-order valence-corrected chi connectivity index (χ4v) is 8.17. The summed E-state index contributed by atoms with van der Waals surface area (Å²) in [6.07, 6.45) is 10.5. The minimum Gasteiger partial charge on any atom is -0.494 e. The Hall–Kier alpha value is -4.11. The van der Waals surface area contributed by atoms with Crippen LogP contribution in [0, 0.1) is 0 Å². The van der Waals surface area contributed by atoms with Crippen molar-refractivity contribution in [2.75, 3.05) is 6.61 Å². The molecule has 0 fully saturated rings. The summed E-state index contributed by atoms with van der Waals surface area (Å²) >= 11 is 1.34. The van der Waals surface area contributed by atoms with Crippen LogP contribution in [0.15, 0.2) is 130 Å². The number of ether oxygens (including phenoxy) is 1. The number of hydrogen-bond acceptors (Lipinski definition) is 7. The fourth-order valence-electron chi connectivity index (χ4n) is 5.88. The van der Waals surface area contributed by atoms with Gasteiger partial charge in [-0.25, -0.2) is 0 Å². The summed E-state index contributed by atoms with van der Waals surface area (Å²) in [5.74, 6) is 1.00. The highest BCUT2D eigenvalue weighted by molar-refractivity contribution is 8.00. The van der Waals surface area contributed by atoms with E-state index in [2.05, 4.69) is 13.8 Å². The van der Waals surface area contributed by atoms with Crippen LogP contribution in [0.2, 0.25) is 0 Å². The van der Waals surface area contributed by atoms with Crippen LogP contribution in [0.25, 0.3) is 11.1 Å². The Balaban J connectivity index is 1.42. The lowest BCUT2D eigenvalue weighted by atomic mass is 9.94. The molecule has 4 aromatic carbocycles. The number of aromatic nitrogens is 1. The Labute approximate surface area is 308 Å². The number of aliphatic hydroxyl groups excluding tert-OH is 1. The van der Waals surface area contributed by atoms with Crippen LogP contribution in [-0.2, 0) is 16.5 Å². The lowest BCUT2D eigenvalue weighted by Crippen LogP contribution is -2.11. The minimum atomic E-state index is -4.25. The summed E-state index contributed by atoms with van der Waals surface area (Å²) in [6, 6.07) is 34.8. The highest BCUT2D eigenvalue weighted by Crippen LogP contribution is 2.39. The molecule has 0 spiro atoms. The summed E-state index contributed by atoms with van der Waals surface area (Å²) < 4.78 is 39.3. The Morgan fingerprint density at radius 1 is 0.706 bits per heavy atom. The molecule has 0 amide bonds. The Morgan fingerprint density at radius 3 is 2.18 bits per heavy atom. The third kappa shape index (κ3) is 11.2.